The number of nitrogens with zero attached hydrogens (tertiary/aromatic N) is 1. The molecule has 2 aliphatic rings. The molecule has 36 heavy (non-hydrogen) atoms. The van der Waals surface area contributed by atoms with Crippen molar-refractivity contribution in [2.24, 2.45) is 24.6 Å². The van der Waals surface area contributed by atoms with Crippen molar-refractivity contribution in [2.45, 2.75) is 134 Å². The van der Waals surface area contributed by atoms with Gasteiger partial charge in [0.25, 0.3) is 0 Å². The smallest absolute Gasteiger partial charge is 0.0480 e. The van der Waals surface area contributed by atoms with E-state index < -0.39 is 0 Å². The second-order valence-electron chi connectivity index (χ2n) is 12.8. The molecular weight excluding hydrogens is 438 g/mol. The summed E-state index contributed by atoms with van der Waals surface area (Å²) in [6, 6.07) is 9.52. The van der Waals surface area contributed by atoms with Crippen LogP contribution in [-0.2, 0) is 13.5 Å². The van der Waals surface area contributed by atoms with E-state index in [0.29, 0.717) is 6.04 Å². The summed E-state index contributed by atoms with van der Waals surface area (Å²) in [5.74, 6) is 1.73. The number of para-hydroxylation sites is 1. The van der Waals surface area contributed by atoms with Crippen LogP contribution in [-0.4, -0.2) is 22.7 Å². The van der Waals surface area contributed by atoms with Crippen molar-refractivity contribution in [1.82, 2.24) is 9.88 Å². The summed E-state index contributed by atoms with van der Waals surface area (Å²) in [5, 5.41) is 5.41. The Labute approximate surface area is 222 Å². The SMILES string of the molecule is Cn1cc(CCNC2CCCCCCC(C3CCCCCCCC(C)(N)C3)CCC2)c2ccccc21. The van der Waals surface area contributed by atoms with Gasteiger partial charge in [0.15, 0.2) is 0 Å². The zero-order valence-electron chi connectivity index (χ0n) is 23.6. The molecule has 202 valence electrons. The van der Waals surface area contributed by atoms with E-state index in [1.165, 1.54) is 126 Å². The molecule has 0 bridgehead atoms. The zero-order valence-corrected chi connectivity index (χ0v) is 23.6. The van der Waals surface area contributed by atoms with E-state index in [2.05, 4.69) is 54.3 Å². The molecule has 1 aromatic carbocycles. The van der Waals surface area contributed by atoms with Gasteiger partial charge >= 0.3 is 0 Å². The van der Waals surface area contributed by atoms with Crippen LogP contribution in [0.15, 0.2) is 30.5 Å². The Morgan fingerprint density at radius 2 is 1.47 bits per heavy atom. The van der Waals surface area contributed by atoms with Crippen LogP contribution >= 0.6 is 0 Å². The van der Waals surface area contributed by atoms with Gasteiger partial charge in [-0.05, 0) is 69.0 Å². The number of rotatable bonds is 5. The molecule has 4 rings (SSSR count). The Kier molecular flexibility index (Phi) is 10.8. The van der Waals surface area contributed by atoms with Crippen molar-refractivity contribution in [3.63, 3.8) is 0 Å². The summed E-state index contributed by atoms with van der Waals surface area (Å²) in [6.07, 6.45) is 26.9. The summed E-state index contributed by atoms with van der Waals surface area (Å²) >= 11 is 0. The highest BCUT2D eigenvalue weighted by atomic mass is 14.9. The Morgan fingerprint density at radius 3 is 2.31 bits per heavy atom. The standard InChI is InChI=1S/C33H55N3/c1-33(34)23-13-7-3-4-9-16-28(25-33)27-15-8-5-6-10-18-30(19-14-17-27)35-24-22-29-26-36(2)32-21-12-11-20-31(29)32/h11-12,20-21,26-28,30,35H,3-10,13-19,22-25,34H2,1-2H3. The monoisotopic (exact) mass is 493 g/mol. The number of nitrogens with two attached hydrogens (primary N) is 1. The molecule has 4 atom stereocenters. The third-order valence-electron chi connectivity index (χ3n) is 9.53. The van der Waals surface area contributed by atoms with Crippen LogP contribution in [0.1, 0.15) is 122 Å². The fourth-order valence-electron chi connectivity index (χ4n) is 7.45. The van der Waals surface area contributed by atoms with E-state index in [9.17, 15) is 0 Å². The fraction of sp³-hybridized carbons (Fsp3) is 0.758. The minimum absolute atomic E-state index is 0.0416. The maximum Gasteiger partial charge on any atom is 0.0480 e. The predicted octanol–water partition coefficient (Wildman–Crippen LogP) is 8.29. The molecule has 1 aromatic heterocycles. The van der Waals surface area contributed by atoms with Gasteiger partial charge in [-0.2, -0.15) is 0 Å². The van der Waals surface area contributed by atoms with Crippen LogP contribution in [0.2, 0.25) is 0 Å². The van der Waals surface area contributed by atoms with E-state index in [4.69, 9.17) is 5.73 Å². The van der Waals surface area contributed by atoms with Crippen molar-refractivity contribution in [3.8, 4) is 0 Å². The van der Waals surface area contributed by atoms with Crippen molar-refractivity contribution in [2.75, 3.05) is 6.54 Å². The van der Waals surface area contributed by atoms with Crippen molar-refractivity contribution in [3.05, 3.63) is 36.0 Å². The van der Waals surface area contributed by atoms with Crippen molar-refractivity contribution in [1.29, 1.82) is 0 Å². The molecule has 2 aliphatic carbocycles. The summed E-state index contributed by atoms with van der Waals surface area (Å²) in [4.78, 5) is 0. The highest BCUT2D eigenvalue weighted by molar-refractivity contribution is 5.83. The maximum atomic E-state index is 6.87. The lowest BCUT2D eigenvalue weighted by Crippen LogP contribution is -2.40. The summed E-state index contributed by atoms with van der Waals surface area (Å²) in [6.45, 7) is 3.44. The number of nitrogens with one attached hydrogen (secondary N) is 1. The van der Waals surface area contributed by atoms with Crippen LogP contribution in [0, 0.1) is 11.8 Å². The number of benzene rings is 1. The second kappa shape index (κ2) is 14.0. The third kappa shape index (κ3) is 8.35. The minimum atomic E-state index is 0.0416. The quantitative estimate of drug-likeness (QED) is 0.440. The Balaban J connectivity index is 1.31. The molecule has 1 heterocycles. The molecule has 3 N–H and O–H groups in total. The third-order valence-corrected chi connectivity index (χ3v) is 9.53. The molecule has 2 saturated carbocycles. The molecule has 3 nitrogen and oxygen atoms in total. The first-order valence-corrected chi connectivity index (χ1v) is 15.6. The number of aromatic nitrogens is 1. The Hall–Kier alpha value is -1.32. The van der Waals surface area contributed by atoms with Crippen molar-refractivity contribution < 1.29 is 0 Å². The van der Waals surface area contributed by atoms with Gasteiger partial charge < -0.3 is 15.6 Å². The molecule has 3 heteroatoms. The molecule has 4 unspecified atom stereocenters. The molecule has 0 amide bonds. The van der Waals surface area contributed by atoms with E-state index in [0.717, 1.165) is 24.8 Å². The van der Waals surface area contributed by atoms with Gasteiger partial charge in [-0.1, -0.05) is 102 Å². The van der Waals surface area contributed by atoms with Gasteiger partial charge in [-0.25, -0.2) is 0 Å². The van der Waals surface area contributed by atoms with E-state index in [1.54, 1.807) is 0 Å². The molecule has 0 aliphatic heterocycles. The molecule has 0 radical (unpaired) electrons. The first-order valence-electron chi connectivity index (χ1n) is 15.6. The van der Waals surface area contributed by atoms with E-state index >= 15 is 0 Å². The fourth-order valence-corrected chi connectivity index (χ4v) is 7.45. The topological polar surface area (TPSA) is 43.0 Å². The summed E-state index contributed by atoms with van der Waals surface area (Å²) in [7, 11) is 2.17. The van der Waals surface area contributed by atoms with Crippen molar-refractivity contribution >= 4 is 10.9 Å². The number of hydrogen-bond donors (Lipinski definition) is 2. The van der Waals surface area contributed by atoms with Gasteiger partial charge in [-0.15, -0.1) is 0 Å². The molecule has 0 spiro atoms. The van der Waals surface area contributed by atoms with Crippen LogP contribution < -0.4 is 11.1 Å². The normalized spacial score (nSPS) is 30.0. The van der Waals surface area contributed by atoms with Gasteiger partial charge in [-0.3, -0.25) is 0 Å². The zero-order chi connectivity index (χ0) is 25.2. The first-order chi connectivity index (χ1) is 17.5. The number of hydrogen-bond acceptors (Lipinski definition) is 2. The van der Waals surface area contributed by atoms with Gasteiger partial charge in [0.05, 0.1) is 0 Å². The lowest BCUT2D eigenvalue weighted by molar-refractivity contribution is 0.191. The molecule has 2 fully saturated rings. The highest BCUT2D eigenvalue weighted by Gasteiger charge is 2.29. The summed E-state index contributed by atoms with van der Waals surface area (Å²) in [5.41, 5.74) is 9.74. The average molecular weight is 494 g/mol. The Bertz CT molecular complexity index is 897. The minimum Gasteiger partial charge on any atom is -0.350 e. The molecule has 0 saturated heterocycles. The van der Waals surface area contributed by atoms with Gasteiger partial charge in [0.2, 0.25) is 0 Å². The highest BCUT2D eigenvalue weighted by Crippen LogP contribution is 2.37. The lowest BCUT2D eigenvalue weighted by atomic mass is 9.73. The second-order valence-corrected chi connectivity index (χ2v) is 12.8. The van der Waals surface area contributed by atoms with Crippen LogP contribution in [0.25, 0.3) is 10.9 Å². The molecule has 2 aromatic rings. The van der Waals surface area contributed by atoms with E-state index in [1.807, 2.05) is 0 Å². The van der Waals surface area contributed by atoms with Crippen LogP contribution in [0.4, 0.5) is 0 Å². The van der Waals surface area contributed by atoms with Gasteiger partial charge in [0.1, 0.15) is 0 Å². The van der Waals surface area contributed by atoms with Gasteiger partial charge in [0, 0.05) is 35.7 Å². The average Bonchev–Trinajstić information content (AvgIpc) is 3.15. The van der Waals surface area contributed by atoms with Crippen LogP contribution in [0.3, 0.4) is 0 Å². The lowest BCUT2D eigenvalue weighted by Gasteiger charge is -2.36. The summed E-state index contributed by atoms with van der Waals surface area (Å²) < 4.78 is 2.28. The van der Waals surface area contributed by atoms with Crippen LogP contribution in [0.5, 0.6) is 0 Å². The number of fused-ring (bicyclic) bond motifs is 1. The maximum absolute atomic E-state index is 6.87. The molecular formula is C33H55N3. The predicted molar refractivity (Wildman–Crippen MR) is 156 cm³/mol. The largest absolute Gasteiger partial charge is 0.350 e. The van der Waals surface area contributed by atoms with E-state index in [-0.39, 0.29) is 5.54 Å². The number of aryl methyl sites for hydroxylation is 1. The Morgan fingerprint density at radius 1 is 0.833 bits per heavy atom. The first kappa shape index (κ1) is 27.7.